The number of aliphatic hydroxyl groups excluding tert-OH is 2. The Bertz CT molecular complexity index is 234. The molecule has 0 saturated heterocycles. The number of rotatable bonds is 2. The number of hydrogen-bond acceptors (Lipinski definition) is 5. The maximum Gasteiger partial charge on any atom is 0.335 e. The van der Waals surface area contributed by atoms with Gasteiger partial charge in [0.2, 0.25) is 0 Å². The van der Waals surface area contributed by atoms with E-state index in [1.165, 1.54) is 0 Å². The van der Waals surface area contributed by atoms with Crippen LogP contribution >= 0.6 is 0 Å². The van der Waals surface area contributed by atoms with Crippen LogP contribution in [0.25, 0.3) is 0 Å². The van der Waals surface area contributed by atoms with E-state index in [-0.39, 0.29) is 19.4 Å². The van der Waals surface area contributed by atoms with Crippen LogP contribution in [0.1, 0.15) is 12.8 Å². The Morgan fingerprint density at radius 1 is 1.43 bits per heavy atom. The molecule has 0 aromatic rings. The molecule has 1 aliphatic carbocycles. The van der Waals surface area contributed by atoms with Crippen molar-refractivity contribution in [2.24, 2.45) is 11.7 Å². The van der Waals surface area contributed by atoms with Crippen LogP contribution in [-0.2, 0) is 4.79 Å². The summed E-state index contributed by atoms with van der Waals surface area (Å²) in [5.41, 5.74) is 3.33. The van der Waals surface area contributed by atoms with Crippen molar-refractivity contribution in [3.8, 4) is 0 Å². The van der Waals surface area contributed by atoms with Crippen molar-refractivity contribution in [1.82, 2.24) is 0 Å². The molecule has 0 heterocycles. The fraction of sp³-hybridized carbons (Fsp3) is 0.875. The van der Waals surface area contributed by atoms with Gasteiger partial charge < -0.3 is 26.2 Å². The molecule has 0 aliphatic heterocycles. The van der Waals surface area contributed by atoms with Crippen molar-refractivity contribution < 1.29 is 25.2 Å². The lowest BCUT2D eigenvalue weighted by molar-refractivity contribution is -0.178. The fourth-order valence-corrected chi connectivity index (χ4v) is 1.82. The summed E-state index contributed by atoms with van der Waals surface area (Å²) in [6.07, 6.45) is -2.78. The highest BCUT2D eigenvalue weighted by molar-refractivity contribution is 5.77. The second-order valence-electron chi connectivity index (χ2n) is 3.80. The van der Waals surface area contributed by atoms with Gasteiger partial charge in [-0.15, -0.1) is 0 Å². The zero-order chi connectivity index (χ0) is 10.9. The number of nitrogens with two attached hydrogens (primary N) is 1. The minimum Gasteiger partial charge on any atom is -0.479 e. The number of carboxylic acid groups (broad SMARTS) is 1. The Hall–Kier alpha value is -0.690. The van der Waals surface area contributed by atoms with Crippen molar-refractivity contribution in [3.05, 3.63) is 0 Å². The van der Waals surface area contributed by atoms with E-state index in [2.05, 4.69) is 0 Å². The number of aliphatic carboxylic acids is 1. The van der Waals surface area contributed by atoms with E-state index in [0.717, 1.165) is 0 Å². The summed E-state index contributed by atoms with van der Waals surface area (Å²) < 4.78 is 0. The standard InChI is InChI=1S/C8H15NO5/c9-3-4-1-8(14,7(12)13)2-5(10)6(4)11/h4-6,10-11,14H,1-3,9H2,(H,12,13)/t4-,5-,6-,8+/m1/s1. The first-order valence-corrected chi connectivity index (χ1v) is 4.42. The summed E-state index contributed by atoms with van der Waals surface area (Å²) in [6, 6.07) is 0. The predicted molar refractivity (Wildman–Crippen MR) is 46.4 cm³/mol. The van der Waals surface area contributed by atoms with Gasteiger partial charge in [-0.2, -0.15) is 0 Å². The molecule has 14 heavy (non-hydrogen) atoms. The summed E-state index contributed by atoms with van der Waals surface area (Å²) >= 11 is 0. The Balaban J connectivity index is 2.81. The molecule has 82 valence electrons. The fourth-order valence-electron chi connectivity index (χ4n) is 1.82. The van der Waals surface area contributed by atoms with Gasteiger partial charge in [-0.05, 0) is 13.0 Å². The van der Waals surface area contributed by atoms with Gasteiger partial charge in [-0.1, -0.05) is 0 Å². The molecule has 0 aromatic carbocycles. The van der Waals surface area contributed by atoms with E-state index < -0.39 is 29.7 Å². The molecule has 0 unspecified atom stereocenters. The first kappa shape index (κ1) is 11.4. The highest BCUT2D eigenvalue weighted by Crippen LogP contribution is 2.32. The molecule has 1 saturated carbocycles. The lowest BCUT2D eigenvalue weighted by Gasteiger charge is -2.39. The monoisotopic (exact) mass is 205 g/mol. The van der Waals surface area contributed by atoms with Crippen LogP contribution in [-0.4, -0.2) is 50.7 Å². The van der Waals surface area contributed by atoms with Gasteiger partial charge in [-0.25, -0.2) is 4.79 Å². The van der Waals surface area contributed by atoms with Gasteiger partial charge in [0.05, 0.1) is 12.2 Å². The summed E-state index contributed by atoms with van der Waals surface area (Å²) in [4.78, 5) is 10.7. The number of carboxylic acids is 1. The summed E-state index contributed by atoms with van der Waals surface area (Å²) in [6.45, 7) is 0.0355. The average molecular weight is 205 g/mol. The quantitative estimate of drug-likeness (QED) is 0.351. The Morgan fingerprint density at radius 2 is 2.00 bits per heavy atom. The number of aliphatic hydroxyl groups is 3. The summed E-state index contributed by atoms with van der Waals surface area (Å²) in [7, 11) is 0. The van der Waals surface area contributed by atoms with Gasteiger partial charge in [0.15, 0.2) is 5.60 Å². The summed E-state index contributed by atoms with van der Waals surface area (Å²) in [5, 5.41) is 37.1. The van der Waals surface area contributed by atoms with Gasteiger partial charge in [0.1, 0.15) is 0 Å². The Labute approximate surface area is 81.0 Å². The van der Waals surface area contributed by atoms with Gasteiger partial charge in [0, 0.05) is 12.3 Å². The third-order valence-electron chi connectivity index (χ3n) is 2.72. The van der Waals surface area contributed by atoms with Crippen molar-refractivity contribution in [2.75, 3.05) is 6.54 Å². The second kappa shape index (κ2) is 3.82. The lowest BCUT2D eigenvalue weighted by atomic mass is 9.75. The predicted octanol–water partition coefficient (Wildman–Crippen LogP) is -2.11. The lowest BCUT2D eigenvalue weighted by Crippen LogP contribution is -2.55. The first-order valence-electron chi connectivity index (χ1n) is 4.42. The molecule has 4 atom stereocenters. The van der Waals surface area contributed by atoms with Gasteiger partial charge >= 0.3 is 5.97 Å². The molecule has 6 N–H and O–H groups in total. The minimum atomic E-state index is -1.97. The smallest absolute Gasteiger partial charge is 0.335 e. The topological polar surface area (TPSA) is 124 Å². The van der Waals surface area contributed by atoms with E-state index in [1.807, 2.05) is 0 Å². The highest BCUT2D eigenvalue weighted by atomic mass is 16.4. The maximum atomic E-state index is 10.7. The molecule has 0 amide bonds. The normalized spacial score (nSPS) is 43.6. The molecule has 1 aliphatic rings. The van der Waals surface area contributed by atoms with Crippen LogP contribution in [0.15, 0.2) is 0 Å². The van der Waals surface area contributed by atoms with E-state index in [1.54, 1.807) is 0 Å². The molecule has 0 spiro atoms. The zero-order valence-electron chi connectivity index (χ0n) is 7.63. The van der Waals surface area contributed by atoms with Crippen LogP contribution in [0.2, 0.25) is 0 Å². The van der Waals surface area contributed by atoms with Crippen molar-refractivity contribution >= 4 is 5.97 Å². The molecule has 1 rings (SSSR count). The van der Waals surface area contributed by atoms with Crippen LogP contribution in [0.5, 0.6) is 0 Å². The molecule has 0 aromatic heterocycles. The van der Waals surface area contributed by atoms with Crippen molar-refractivity contribution in [2.45, 2.75) is 30.7 Å². The van der Waals surface area contributed by atoms with Crippen LogP contribution in [0.4, 0.5) is 0 Å². The minimum absolute atomic E-state index is 0.0355. The first-order chi connectivity index (χ1) is 6.40. The van der Waals surface area contributed by atoms with E-state index >= 15 is 0 Å². The molecule has 6 heteroatoms. The maximum absolute atomic E-state index is 10.7. The third-order valence-corrected chi connectivity index (χ3v) is 2.72. The van der Waals surface area contributed by atoms with Crippen molar-refractivity contribution in [1.29, 1.82) is 0 Å². The van der Waals surface area contributed by atoms with E-state index in [9.17, 15) is 20.1 Å². The van der Waals surface area contributed by atoms with Gasteiger partial charge in [-0.3, -0.25) is 0 Å². The Kier molecular flexibility index (Phi) is 3.10. The number of carbonyl (C=O) groups is 1. The summed E-state index contributed by atoms with van der Waals surface area (Å²) in [5.74, 6) is -1.97. The van der Waals surface area contributed by atoms with Crippen LogP contribution in [0.3, 0.4) is 0 Å². The second-order valence-corrected chi connectivity index (χ2v) is 3.80. The molecule has 1 fully saturated rings. The molecule has 6 nitrogen and oxygen atoms in total. The number of hydrogen-bond donors (Lipinski definition) is 5. The molecular weight excluding hydrogens is 190 g/mol. The molecule has 0 radical (unpaired) electrons. The van der Waals surface area contributed by atoms with Crippen LogP contribution < -0.4 is 5.73 Å². The van der Waals surface area contributed by atoms with Crippen molar-refractivity contribution in [3.63, 3.8) is 0 Å². The molecule has 0 bridgehead atoms. The largest absolute Gasteiger partial charge is 0.479 e. The highest BCUT2D eigenvalue weighted by Gasteiger charge is 2.48. The van der Waals surface area contributed by atoms with E-state index in [0.29, 0.717) is 0 Å². The Morgan fingerprint density at radius 3 is 2.43 bits per heavy atom. The van der Waals surface area contributed by atoms with Gasteiger partial charge in [0.25, 0.3) is 0 Å². The molecular formula is C8H15NO5. The average Bonchev–Trinajstić information content (AvgIpc) is 2.11. The van der Waals surface area contributed by atoms with E-state index in [4.69, 9.17) is 10.8 Å². The SMILES string of the molecule is NC[C@H]1C[C@@](O)(C(=O)O)C[C@@H](O)[C@@H]1O. The zero-order valence-corrected chi connectivity index (χ0v) is 7.63. The third kappa shape index (κ3) is 1.88. The van der Waals surface area contributed by atoms with Crippen LogP contribution in [0, 0.1) is 5.92 Å².